The van der Waals surface area contributed by atoms with E-state index in [4.69, 9.17) is 0 Å². The van der Waals surface area contributed by atoms with Gasteiger partial charge in [0.15, 0.2) is 0 Å². The zero-order chi connectivity index (χ0) is 16.4. The third-order valence-electron chi connectivity index (χ3n) is 4.60. The lowest BCUT2D eigenvalue weighted by molar-refractivity contribution is 0.598. The van der Waals surface area contributed by atoms with E-state index in [0.717, 1.165) is 29.3 Å². The molecule has 1 atom stereocenters. The first-order chi connectivity index (χ1) is 11.8. The summed E-state index contributed by atoms with van der Waals surface area (Å²) in [7, 11) is 0. The lowest BCUT2D eigenvalue weighted by Gasteiger charge is -2.27. The van der Waals surface area contributed by atoms with Gasteiger partial charge in [0, 0.05) is 11.6 Å². The van der Waals surface area contributed by atoms with Crippen LogP contribution in [0.3, 0.4) is 0 Å². The van der Waals surface area contributed by atoms with Crippen molar-refractivity contribution in [2.75, 3.05) is 5.32 Å². The Morgan fingerprint density at radius 2 is 1.75 bits per heavy atom. The molecule has 1 aromatic heterocycles. The highest BCUT2D eigenvalue weighted by Crippen LogP contribution is 2.32. The van der Waals surface area contributed by atoms with Gasteiger partial charge in [-0.05, 0) is 37.3 Å². The summed E-state index contributed by atoms with van der Waals surface area (Å²) in [6, 6.07) is 21.4. The van der Waals surface area contributed by atoms with E-state index in [9.17, 15) is 0 Å². The molecule has 0 amide bonds. The maximum absolute atomic E-state index is 4.60. The molecule has 0 saturated heterocycles. The molecular formula is C21H21N3. The third-order valence-corrected chi connectivity index (χ3v) is 4.60. The molecule has 1 N–H and O–H groups in total. The number of aromatic nitrogens is 2. The Kier molecular flexibility index (Phi) is 3.99. The van der Waals surface area contributed by atoms with Crippen molar-refractivity contribution >= 4 is 5.82 Å². The van der Waals surface area contributed by atoms with E-state index < -0.39 is 0 Å². The van der Waals surface area contributed by atoms with Gasteiger partial charge in [-0.25, -0.2) is 9.97 Å². The topological polar surface area (TPSA) is 37.8 Å². The van der Waals surface area contributed by atoms with Crippen LogP contribution in [0.1, 0.15) is 35.8 Å². The van der Waals surface area contributed by atoms with Crippen molar-refractivity contribution in [3.05, 3.63) is 77.6 Å². The van der Waals surface area contributed by atoms with Gasteiger partial charge >= 0.3 is 0 Å². The molecule has 1 heterocycles. The number of hydrogen-bond acceptors (Lipinski definition) is 3. The second-order valence-electron chi connectivity index (χ2n) is 6.34. The molecule has 3 heteroatoms. The van der Waals surface area contributed by atoms with E-state index in [1.54, 1.807) is 0 Å². The Morgan fingerprint density at radius 1 is 0.958 bits per heavy atom. The number of fused-ring (bicyclic) bond motifs is 1. The van der Waals surface area contributed by atoms with Crippen LogP contribution in [0.25, 0.3) is 11.3 Å². The van der Waals surface area contributed by atoms with Crippen LogP contribution in [-0.2, 0) is 6.42 Å². The van der Waals surface area contributed by atoms with Crippen molar-refractivity contribution in [1.82, 2.24) is 9.97 Å². The van der Waals surface area contributed by atoms with Crippen LogP contribution in [0.5, 0.6) is 0 Å². The zero-order valence-corrected chi connectivity index (χ0v) is 13.9. The molecule has 0 radical (unpaired) electrons. The van der Waals surface area contributed by atoms with Gasteiger partial charge < -0.3 is 5.32 Å². The third kappa shape index (κ3) is 3.02. The van der Waals surface area contributed by atoms with Crippen molar-refractivity contribution in [2.45, 2.75) is 32.2 Å². The first-order valence-electron chi connectivity index (χ1n) is 8.55. The van der Waals surface area contributed by atoms with Gasteiger partial charge in [0.25, 0.3) is 0 Å². The van der Waals surface area contributed by atoms with Gasteiger partial charge in [-0.1, -0.05) is 54.6 Å². The summed E-state index contributed by atoms with van der Waals surface area (Å²) in [6.07, 6.45) is 3.53. The highest BCUT2D eigenvalue weighted by molar-refractivity contribution is 5.62. The van der Waals surface area contributed by atoms with Crippen LogP contribution in [0, 0.1) is 6.92 Å². The average Bonchev–Trinajstić information content (AvgIpc) is 2.62. The van der Waals surface area contributed by atoms with Gasteiger partial charge in [-0.15, -0.1) is 0 Å². The summed E-state index contributed by atoms with van der Waals surface area (Å²) in [5.74, 6) is 1.70. The molecule has 0 bridgehead atoms. The molecule has 3 aromatic rings. The van der Waals surface area contributed by atoms with Crippen LogP contribution in [0.2, 0.25) is 0 Å². The molecule has 0 aliphatic heterocycles. The zero-order valence-electron chi connectivity index (χ0n) is 13.9. The summed E-state index contributed by atoms with van der Waals surface area (Å²) >= 11 is 0. The van der Waals surface area contributed by atoms with Gasteiger partial charge in [0.2, 0.25) is 0 Å². The van der Waals surface area contributed by atoms with Gasteiger partial charge in [-0.2, -0.15) is 0 Å². The first kappa shape index (κ1) is 14.9. The van der Waals surface area contributed by atoms with Crippen molar-refractivity contribution in [3.8, 4) is 11.3 Å². The number of nitrogens with one attached hydrogen (secondary N) is 1. The first-order valence-corrected chi connectivity index (χ1v) is 8.55. The lowest BCUT2D eigenvalue weighted by Crippen LogP contribution is -2.18. The molecule has 0 saturated carbocycles. The predicted molar refractivity (Wildman–Crippen MR) is 97.9 cm³/mol. The molecule has 1 aliphatic rings. The summed E-state index contributed by atoms with van der Waals surface area (Å²) in [4.78, 5) is 9.19. The smallest absolute Gasteiger partial charge is 0.130 e. The van der Waals surface area contributed by atoms with E-state index in [0.29, 0.717) is 6.04 Å². The molecule has 4 rings (SSSR count). The quantitative estimate of drug-likeness (QED) is 0.744. The second kappa shape index (κ2) is 6.44. The number of aryl methyl sites for hydroxylation is 2. The Balaban J connectivity index is 1.65. The Labute approximate surface area is 142 Å². The minimum atomic E-state index is 0.327. The average molecular weight is 315 g/mol. The minimum Gasteiger partial charge on any atom is -0.363 e. The number of rotatable bonds is 3. The van der Waals surface area contributed by atoms with Crippen LogP contribution in [0.4, 0.5) is 5.82 Å². The fourth-order valence-corrected chi connectivity index (χ4v) is 3.48. The van der Waals surface area contributed by atoms with E-state index in [-0.39, 0.29) is 0 Å². The van der Waals surface area contributed by atoms with Crippen LogP contribution in [0.15, 0.2) is 60.7 Å². The summed E-state index contributed by atoms with van der Waals surface area (Å²) < 4.78 is 0. The van der Waals surface area contributed by atoms with Gasteiger partial charge in [0.1, 0.15) is 11.6 Å². The van der Waals surface area contributed by atoms with Crippen molar-refractivity contribution < 1.29 is 0 Å². The predicted octanol–water partition coefficient (Wildman–Crippen LogP) is 4.94. The SMILES string of the molecule is Cc1nc(NC2CCCc3ccccc32)cc(-c2ccccc2)n1. The highest BCUT2D eigenvalue weighted by atomic mass is 15.0. The van der Waals surface area contributed by atoms with E-state index in [2.05, 4.69) is 57.7 Å². The fourth-order valence-electron chi connectivity index (χ4n) is 3.48. The van der Waals surface area contributed by atoms with E-state index in [1.165, 1.54) is 24.0 Å². The molecule has 3 nitrogen and oxygen atoms in total. The molecule has 1 unspecified atom stereocenters. The summed E-state index contributed by atoms with van der Waals surface area (Å²) in [5.41, 5.74) is 4.95. The van der Waals surface area contributed by atoms with Crippen LogP contribution >= 0.6 is 0 Å². The molecular weight excluding hydrogens is 294 g/mol. The normalized spacial score (nSPS) is 16.5. The Morgan fingerprint density at radius 3 is 2.62 bits per heavy atom. The number of hydrogen-bond donors (Lipinski definition) is 1. The largest absolute Gasteiger partial charge is 0.363 e. The fraction of sp³-hybridized carbons (Fsp3) is 0.238. The number of benzene rings is 2. The maximum Gasteiger partial charge on any atom is 0.130 e. The summed E-state index contributed by atoms with van der Waals surface area (Å²) in [5, 5.41) is 3.64. The summed E-state index contributed by atoms with van der Waals surface area (Å²) in [6.45, 7) is 1.95. The van der Waals surface area contributed by atoms with Crippen LogP contribution < -0.4 is 5.32 Å². The van der Waals surface area contributed by atoms with Crippen LogP contribution in [-0.4, -0.2) is 9.97 Å². The minimum absolute atomic E-state index is 0.327. The van der Waals surface area contributed by atoms with E-state index >= 15 is 0 Å². The van der Waals surface area contributed by atoms with Gasteiger partial charge in [0.05, 0.1) is 11.7 Å². The molecule has 1 aliphatic carbocycles. The molecule has 0 fully saturated rings. The number of nitrogens with zero attached hydrogens (tertiary/aromatic N) is 2. The molecule has 0 spiro atoms. The molecule has 120 valence electrons. The second-order valence-corrected chi connectivity index (χ2v) is 6.34. The standard InChI is InChI=1S/C21H21N3/c1-15-22-20(17-9-3-2-4-10-17)14-21(23-15)24-19-13-7-11-16-8-5-6-12-18(16)19/h2-6,8-10,12,14,19H,7,11,13H2,1H3,(H,22,23,24). The molecule has 2 aromatic carbocycles. The monoisotopic (exact) mass is 315 g/mol. The van der Waals surface area contributed by atoms with Gasteiger partial charge in [-0.3, -0.25) is 0 Å². The Bertz CT molecular complexity index is 843. The molecule has 24 heavy (non-hydrogen) atoms. The lowest BCUT2D eigenvalue weighted by atomic mass is 9.88. The van der Waals surface area contributed by atoms with Crippen molar-refractivity contribution in [2.24, 2.45) is 0 Å². The highest BCUT2D eigenvalue weighted by Gasteiger charge is 2.20. The maximum atomic E-state index is 4.60. The van der Waals surface area contributed by atoms with E-state index in [1.807, 2.05) is 25.1 Å². The number of anilines is 1. The Hall–Kier alpha value is -2.68. The van der Waals surface area contributed by atoms with Crippen molar-refractivity contribution in [1.29, 1.82) is 0 Å². The van der Waals surface area contributed by atoms with Crippen molar-refractivity contribution in [3.63, 3.8) is 0 Å².